The van der Waals surface area contributed by atoms with Gasteiger partial charge in [-0.25, -0.2) is 9.37 Å². The fourth-order valence-corrected chi connectivity index (χ4v) is 4.81. The molecule has 2 N–H and O–H groups in total. The number of nitrogens with one attached hydrogen (secondary N) is 2. The van der Waals surface area contributed by atoms with E-state index >= 15 is 0 Å². The fraction of sp³-hybridized carbons (Fsp3) is 0.781. The molecule has 0 saturated heterocycles. The lowest BCUT2D eigenvalue weighted by molar-refractivity contribution is -0.123. The predicted octanol–water partition coefficient (Wildman–Crippen LogP) is 5.83. The van der Waals surface area contributed by atoms with Crippen molar-refractivity contribution < 1.29 is 23.5 Å². The third-order valence-electron chi connectivity index (χ3n) is 7.64. The average molecular weight is 564 g/mol. The van der Waals surface area contributed by atoms with E-state index in [-0.39, 0.29) is 29.5 Å². The van der Waals surface area contributed by atoms with Gasteiger partial charge < -0.3 is 20.1 Å². The van der Waals surface area contributed by atoms with Crippen LogP contribution in [0.15, 0.2) is 12.3 Å². The molecule has 1 saturated carbocycles. The summed E-state index contributed by atoms with van der Waals surface area (Å²) in [5.41, 5.74) is 0.460. The topological polar surface area (TPSA) is 89.5 Å². The van der Waals surface area contributed by atoms with Gasteiger partial charge in [0.1, 0.15) is 23.5 Å². The summed E-state index contributed by atoms with van der Waals surface area (Å²) in [5, 5.41) is 6.97. The monoisotopic (exact) mass is 563 g/mol. The number of hydrogen-bond acceptors (Lipinski definition) is 7. The Labute approximate surface area is 241 Å². The Morgan fingerprint density at radius 3 is 2.40 bits per heavy atom. The van der Waals surface area contributed by atoms with Gasteiger partial charge in [0.15, 0.2) is 0 Å². The Hall–Kier alpha value is -1.90. The van der Waals surface area contributed by atoms with E-state index in [2.05, 4.69) is 36.4 Å². The van der Waals surface area contributed by atoms with E-state index in [0.29, 0.717) is 67.8 Å². The zero-order chi connectivity index (χ0) is 29.5. The lowest BCUT2D eigenvalue weighted by Gasteiger charge is -2.36. The third kappa shape index (κ3) is 13.6. The summed E-state index contributed by atoms with van der Waals surface area (Å²) < 4.78 is 26.1. The minimum atomic E-state index is -0.357. The fourth-order valence-electron chi connectivity index (χ4n) is 4.81. The van der Waals surface area contributed by atoms with Crippen molar-refractivity contribution in [3.8, 4) is 5.88 Å². The zero-order valence-electron chi connectivity index (χ0n) is 25.8. The number of carbonyl (C=O) groups is 2. The number of ketones is 2. The minimum absolute atomic E-state index is 0.0557. The van der Waals surface area contributed by atoms with Gasteiger partial charge in [0.25, 0.3) is 0 Å². The molecule has 1 aromatic rings. The highest BCUT2D eigenvalue weighted by atomic mass is 19.1. The number of aryl methyl sites for hydroxylation is 1. The summed E-state index contributed by atoms with van der Waals surface area (Å²) in [5.74, 6) is 0.516. The Kier molecular flexibility index (Phi) is 15.9. The molecule has 1 heterocycles. The number of halogens is 1. The molecule has 0 aliphatic heterocycles. The molecule has 0 bridgehead atoms. The van der Waals surface area contributed by atoms with Crippen molar-refractivity contribution in [2.45, 2.75) is 130 Å². The molecule has 1 aliphatic rings. The smallest absolute Gasteiger partial charge is 0.216 e. The average Bonchev–Trinajstić information content (AvgIpc) is 2.88. The Balaban J connectivity index is 1.53. The van der Waals surface area contributed by atoms with Crippen molar-refractivity contribution in [3.63, 3.8) is 0 Å². The third-order valence-corrected chi connectivity index (χ3v) is 7.64. The second-order valence-electron chi connectivity index (χ2n) is 12.2. The van der Waals surface area contributed by atoms with Crippen LogP contribution in [-0.2, 0) is 20.7 Å². The number of pyridine rings is 1. The number of Topliss-reactive ketones (excluding diaryl/α,β-unsaturated/α-hetero) is 2. The van der Waals surface area contributed by atoms with Gasteiger partial charge in [0.2, 0.25) is 5.88 Å². The van der Waals surface area contributed by atoms with Gasteiger partial charge in [-0.2, -0.15) is 0 Å². The molecular weight excluding hydrogens is 509 g/mol. The molecule has 1 aliphatic carbocycles. The van der Waals surface area contributed by atoms with Gasteiger partial charge in [0, 0.05) is 73.8 Å². The van der Waals surface area contributed by atoms with Gasteiger partial charge >= 0.3 is 0 Å². The van der Waals surface area contributed by atoms with Gasteiger partial charge in [-0.1, -0.05) is 34.6 Å². The molecule has 0 amide bonds. The number of unbranched alkanes of at least 4 members (excludes halogenated alkanes) is 1. The molecule has 0 aromatic carbocycles. The van der Waals surface area contributed by atoms with Crippen molar-refractivity contribution in [2.24, 2.45) is 11.8 Å². The summed E-state index contributed by atoms with van der Waals surface area (Å²) in [4.78, 5) is 28.5. The first-order valence-electron chi connectivity index (χ1n) is 15.5. The van der Waals surface area contributed by atoms with Crippen LogP contribution in [0.5, 0.6) is 5.88 Å². The molecule has 1 aromatic heterocycles. The van der Waals surface area contributed by atoms with E-state index in [9.17, 15) is 14.0 Å². The number of hydrogen-bond donors (Lipinski definition) is 2. The van der Waals surface area contributed by atoms with Gasteiger partial charge in [0.05, 0.1) is 0 Å². The van der Waals surface area contributed by atoms with Gasteiger partial charge in [-0.15, -0.1) is 0 Å². The van der Waals surface area contributed by atoms with Crippen molar-refractivity contribution in [3.05, 3.63) is 23.6 Å². The lowest BCUT2D eigenvalue weighted by Crippen LogP contribution is -2.49. The number of carbonyl (C=O) groups excluding carboxylic acids is 2. The van der Waals surface area contributed by atoms with Crippen LogP contribution in [0.2, 0.25) is 0 Å². The second-order valence-corrected chi connectivity index (χ2v) is 12.2. The maximum absolute atomic E-state index is 14.6. The summed E-state index contributed by atoms with van der Waals surface area (Å²) in [6, 6.07) is 2.56. The molecule has 2 rings (SSSR count). The zero-order valence-corrected chi connectivity index (χ0v) is 25.8. The van der Waals surface area contributed by atoms with E-state index in [1.54, 1.807) is 0 Å². The van der Waals surface area contributed by atoms with Crippen molar-refractivity contribution in [1.82, 2.24) is 15.6 Å². The molecular formula is C32H54FN3O4. The number of rotatable bonds is 22. The molecule has 228 valence electrons. The maximum atomic E-state index is 14.6. The standard InChI is InChI=1S/C32H54FN3O4/c1-22(2)30(37)10-7-8-16-39-17-9-15-34-25(6)12-11-24(5)31(38)14-13-26-21-35-32(20-29(26)33)40-28-18-27(19-28)36-23(3)4/h20-25,27-28,34,36H,7-19H2,1-6H3. The molecule has 2 unspecified atom stereocenters. The molecule has 0 radical (unpaired) electrons. The lowest BCUT2D eigenvalue weighted by atomic mass is 9.89. The number of ether oxygens (including phenoxy) is 2. The van der Waals surface area contributed by atoms with E-state index in [1.807, 2.05) is 20.8 Å². The van der Waals surface area contributed by atoms with E-state index < -0.39 is 0 Å². The minimum Gasteiger partial charge on any atom is -0.474 e. The highest BCUT2D eigenvalue weighted by Crippen LogP contribution is 2.26. The molecule has 2 atom stereocenters. The molecule has 0 spiro atoms. The van der Waals surface area contributed by atoms with Crippen LogP contribution in [-0.4, -0.2) is 60.5 Å². The van der Waals surface area contributed by atoms with E-state index in [1.165, 1.54) is 12.3 Å². The predicted molar refractivity (Wildman–Crippen MR) is 158 cm³/mol. The quantitative estimate of drug-likeness (QED) is 0.172. The summed E-state index contributed by atoms with van der Waals surface area (Å²) in [6.07, 6.45) is 9.18. The Bertz CT molecular complexity index is 889. The van der Waals surface area contributed by atoms with Gasteiger partial charge in [-0.3, -0.25) is 9.59 Å². The first-order valence-corrected chi connectivity index (χ1v) is 15.5. The molecule has 8 heteroatoms. The highest BCUT2D eigenvalue weighted by molar-refractivity contribution is 5.81. The van der Waals surface area contributed by atoms with Crippen LogP contribution in [0, 0.1) is 17.7 Å². The van der Waals surface area contributed by atoms with Crippen LogP contribution in [0.3, 0.4) is 0 Å². The Morgan fingerprint density at radius 2 is 1.73 bits per heavy atom. The van der Waals surface area contributed by atoms with E-state index in [4.69, 9.17) is 9.47 Å². The van der Waals surface area contributed by atoms with Crippen LogP contribution in [0.1, 0.15) is 105 Å². The summed E-state index contributed by atoms with van der Waals surface area (Å²) in [7, 11) is 0. The largest absolute Gasteiger partial charge is 0.474 e. The van der Waals surface area contributed by atoms with Gasteiger partial charge in [-0.05, 0) is 64.8 Å². The number of aromatic nitrogens is 1. The molecule has 1 fully saturated rings. The highest BCUT2D eigenvalue weighted by Gasteiger charge is 2.31. The SMILES string of the molecule is CC(C)NC1CC(Oc2cc(F)c(CCC(=O)C(C)CCC(C)NCCCOCCCCC(=O)C(C)C)cn2)C1. The first kappa shape index (κ1) is 34.3. The van der Waals surface area contributed by atoms with Crippen LogP contribution in [0.4, 0.5) is 4.39 Å². The number of nitrogens with zero attached hydrogens (tertiary/aromatic N) is 1. The van der Waals surface area contributed by atoms with Crippen LogP contribution in [0.25, 0.3) is 0 Å². The van der Waals surface area contributed by atoms with Crippen LogP contribution < -0.4 is 15.4 Å². The maximum Gasteiger partial charge on any atom is 0.216 e. The molecule has 40 heavy (non-hydrogen) atoms. The van der Waals surface area contributed by atoms with Crippen molar-refractivity contribution in [1.29, 1.82) is 0 Å². The normalized spacial score (nSPS) is 18.5. The van der Waals surface area contributed by atoms with Crippen molar-refractivity contribution >= 4 is 11.6 Å². The van der Waals surface area contributed by atoms with E-state index in [0.717, 1.165) is 51.5 Å². The summed E-state index contributed by atoms with van der Waals surface area (Å²) >= 11 is 0. The summed E-state index contributed by atoms with van der Waals surface area (Å²) in [6.45, 7) is 14.5. The first-order chi connectivity index (χ1) is 19.0. The Morgan fingerprint density at radius 1 is 1.00 bits per heavy atom. The van der Waals surface area contributed by atoms with Crippen molar-refractivity contribution in [2.75, 3.05) is 19.8 Å². The van der Waals surface area contributed by atoms with Crippen LogP contribution >= 0.6 is 0 Å². The molecule has 7 nitrogen and oxygen atoms in total. The second kappa shape index (κ2) is 18.5.